The van der Waals surface area contributed by atoms with Crippen molar-refractivity contribution in [2.24, 2.45) is 11.8 Å². The number of nitrogens with zero attached hydrogens (tertiary/aromatic N) is 6. The van der Waals surface area contributed by atoms with E-state index in [1.165, 1.54) is 0 Å². The van der Waals surface area contributed by atoms with E-state index in [1.54, 1.807) is 0 Å². The molecular formula is C38H50N8O4. The van der Waals surface area contributed by atoms with Gasteiger partial charge in [0.15, 0.2) is 5.82 Å². The molecule has 0 bridgehead atoms. The molecule has 50 heavy (non-hydrogen) atoms. The normalized spacial score (nSPS) is 18.8. The number of hydrogen-bond acceptors (Lipinski definition) is 10. The van der Waals surface area contributed by atoms with Crippen molar-refractivity contribution < 1.29 is 19.1 Å². The number of H-pyrrole nitrogens is 2. The number of nitrogens with one attached hydrogen (secondary N) is 2. The van der Waals surface area contributed by atoms with E-state index >= 15 is 0 Å². The molecular weight excluding hydrogens is 632 g/mol. The zero-order valence-corrected chi connectivity index (χ0v) is 30.2. The van der Waals surface area contributed by atoms with Crippen LogP contribution in [-0.2, 0) is 31.9 Å². The summed E-state index contributed by atoms with van der Waals surface area (Å²) in [4.78, 5) is 42.5. The second-order valence-corrected chi connectivity index (χ2v) is 13.4. The molecule has 1 fully saturated rings. The first-order valence-electron chi connectivity index (χ1n) is 17.8. The van der Waals surface area contributed by atoms with Crippen LogP contribution < -0.4 is 0 Å². The Morgan fingerprint density at radius 3 is 1.76 bits per heavy atom. The second kappa shape index (κ2) is 17.3. The number of aromatic amines is 2. The number of ether oxygens (including phenoxy) is 2. The van der Waals surface area contributed by atoms with E-state index in [2.05, 4.69) is 36.4 Å². The number of aryl methyl sites for hydroxylation is 4. The SMILES string of the molecule is CCOC(=O)C1CC=C(c2nc(C)cc(Cc3cc(C)[nH]n3)n2)CC1.CCOC(=O)C1CCC(c2nc(C)cc(Cc3cc(C)[nH]n3)n2)CC1. The molecule has 1 saturated carbocycles. The summed E-state index contributed by atoms with van der Waals surface area (Å²) in [6.07, 6.45) is 9.34. The fourth-order valence-electron chi connectivity index (χ4n) is 6.66. The summed E-state index contributed by atoms with van der Waals surface area (Å²) in [5, 5.41) is 14.5. The van der Waals surface area contributed by atoms with Gasteiger partial charge in [-0.3, -0.25) is 19.8 Å². The smallest absolute Gasteiger partial charge is 0.309 e. The van der Waals surface area contributed by atoms with E-state index in [0.29, 0.717) is 38.4 Å². The average Bonchev–Trinajstić information content (AvgIpc) is 3.71. The first kappa shape index (κ1) is 36.5. The average molecular weight is 683 g/mol. The van der Waals surface area contributed by atoms with Gasteiger partial charge >= 0.3 is 11.9 Å². The summed E-state index contributed by atoms with van der Waals surface area (Å²) in [7, 11) is 0. The third-order valence-electron chi connectivity index (χ3n) is 9.10. The van der Waals surface area contributed by atoms with Crippen LogP contribution in [0.4, 0.5) is 0 Å². The zero-order valence-electron chi connectivity index (χ0n) is 30.2. The van der Waals surface area contributed by atoms with Crippen LogP contribution >= 0.6 is 0 Å². The lowest BCUT2D eigenvalue weighted by Gasteiger charge is -2.26. The third kappa shape index (κ3) is 10.1. The van der Waals surface area contributed by atoms with Crippen LogP contribution in [-0.4, -0.2) is 65.5 Å². The standard InChI is InChI=1S/C19H26N4O2.C19H24N4O2/c2*1-4-25-19(24)15-7-5-14(6-8-15)18-20-12(2)9-16(21-18)11-17-10-13(3)22-23-17/h9-10,14-15H,4-8,11H2,1-3H3,(H,22,23);5,9-10,15H,4,6-8,11H2,1-3H3,(H,22,23). The summed E-state index contributed by atoms with van der Waals surface area (Å²) in [6, 6.07) is 8.10. The van der Waals surface area contributed by atoms with Crippen molar-refractivity contribution >= 4 is 17.5 Å². The van der Waals surface area contributed by atoms with Crippen LogP contribution in [0.3, 0.4) is 0 Å². The Morgan fingerprint density at radius 1 is 0.680 bits per heavy atom. The molecule has 0 saturated heterocycles. The number of rotatable bonds is 10. The van der Waals surface area contributed by atoms with Gasteiger partial charge in [-0.25, -0.2) is 19.9 Å². The van der Waals surface area contributed by atoms with Crippen molar-refractivity contribution in [2.75, 3.05) is 13.2 Å². The number of carbonyl (C=O) groups is 2. The fraction of sp³-hybridized carbons (Fsp3) is 0.526. The molecule has 0 aromatic carbocycles. The number of hydrogen-bond donors (Lipinski definition) is 2. The van der Waals surface area contributed by atoms with Crippen molar-refractivity contribution in [3.8, 4) is 0 Å². The molecule has 0 aliphatic heterocycles. The molecule has 0 radical (unpaired) electrons. The van der Waals surface area contributed by atoms with E-state index in [9.17, 15) is 9.59 Å². The Labute approximate surface area is 294 Å². The maximum Gasteiger partial charge on any atom is 0.309 e. The van der Waals surface area contributed by atoms with Crippen molar-refractivity contribution in [3.63, 3.8) is 0 Å². The lowest BCUT2D eigenvalue weighted by Crippen LogP contribution is -2.24. The molecule has 0 spiro atoms. The third-order valence-corrected chi connectivity index (χ3v) is 9.10. The summed E-state index contributed by atoms with van der Waals surface area (Å²) in [6.45, 7) is 12.6. The van der Waals surface area contributed by atoms with Gasteiger partial charge in [-0.15, -0.1) is 0 Å². The molecule has 4 aromatic rings. The monoisotopic (exact) mass is 682 g/mol. The van der Waals surface area contributed by atoms with Crippen molar-refractivity contribution in [1.29, 1.82) is 0 Å². The van der Waals surface area contributed by atoms with Gasteiger partial charge in [0, 0.05) is 41.5 Å². The van der Waals surface area contributed by atoms with Gasteiger partial charge in [0.1, 0.15) is 5.82 Å². The zero-order chi connectivity index (χ0) is 35.6. The van der Waals surface area contributed by atoms with Gasteiger partial charge < -0.3 is 9.47 Å². The topological polar surface area (TPSA) is 162 Å². The van der Waals surface area contributed by atoms with Gasteiger partial charge in [0.25, 0.3) is 0 Å². The van der Waals surface area contributed by atoms with Crippen LogP contribution in [0.25, 0.3) is 5.57 Å². The minimum atomic E-state index is -0.0995. The highest BCUT2D eigenvalue weighted by Crippen LogP contribution is 2.35. The van der Waals surface area contributed by atoms with Crippen LogP contribution in [0.2, 0.25) is 0 Å². The largest absolute Gasteiger partial charge is 0.466 e. The highest BCUT2D eigenvalue weighted by Gasteiger charge is 2.29. The number of allylic oxidation sites excluding steroid dienone is 2. The van der Waals surface area contributed by atoms with Gasteiger partial charge in [-0.2, -0.15) is 10.2 Å². The predicted octanol–water partition coefficient (Wildman–Crippen LogP) is 6.40. The molecule has 2 aliphatic carbocycles. The second-order valence-electron chi connectivity index (χ2n) is 13.4. The molecule has 12 nitrogen and oxygen atoms in total. The van der Waals surface area contributed by atoms with Gasteiger partial charge in [0.2, 0.25) is 0 Å². The van der Waals surface area contributed by atoms with Crippen LogP contribution in [0, 0.1) is 39.5 Å². The predicted molar refractivity (Wildman–Crippen MR) is 189 cm³/mol. The molecule has 1 unspecified atom stereocenters. The van der Waals surface area contributed by atoms with Crippen molar-refractivity contribution in [1.82, 2.24) is 40.3 Å². The van der Waals surface area contributed by atoms with Gasteiger partial charge in [-0.05, 0) is 116 Å². The highest BCUT2D eigenvalue weighted by molar-refractivity contribution is 5.75. The quantitative estimate of drug-likeness (QED) is 0.179. The summed E-state index contributed by atoms with van der Waals surface area (Å²) in [5.74, 6) is 1.84. The van der Waals surface area contributed by atoms with Crippen LogP contribution in [0.15, 0.2) is 30.3 Å². The van der Waals surface area contributed by atoms with Crippen LogP contribution in [0.1, 0.15) is 122 Å². The Morgan fingerprint density at radius 2 is 1.24 bits per heavy atom. The minimum absolute atomic E-state index is 0.0347. The maximum absolute atomic E-state index is 11.9. The molecule has 266 valence electrons. The Kier molecular flexibility index (Phi) is 12.6. The number of carbonyl (C=O) groups excluding carboxylic acids is 2. The van der Waals surface area contributed by atoms with Gasteiger partial charge in [-0.1, -0.05) is 6.08 Å². The molecule has 4 aromatic heterocycles. The van der Waals surface area contributed by atoms with E-state index in [-0.39, 0.29) is 23.8 Å². The van der Waals surface area contributed by atoms with E-state index in [0.717, 1.165) is 101 Å². The number of aromatic nitrogens is 8. The molecule has 2 aliphatic rings. The van der Waals surface area contributed by atoms with Crippen molar-refractivity contribution in [3.05, 3.63) is 87.5 Å². The maximum atomic E-state index is 11.9. The van der Waals surface area contributed by atoms with E-state index < -0.39 is 0 Å². The molecule has 2 N–H and O–H groups in total. The molecule has 12 heteroatoms. The highest BCUT2D eigenvalue weighted by atomic mass is 16.5. The lowest BCUT2D eigenvalue weighted by atomic mass is 9.81. The Balaban J connectivity index is 0.000000194. The summed E-state index contributed by atoms with van der Waals surface area (Å²) in [5.41, 5.74) is 9.07. The first-order chi connectivity index (χ1) is 24.1. The molecule has 1 atom stereocenters. The lowest BCUT2D eigenvalue weighted by molar-refractivity contribution is -0.149. The molecule has 6 rings (SSSR count). The molecule has 0 amide bonds. The van der Waals surface area contributed by atoms with E-state index in [1.807, 2.05) is 65.8 Å². The van der Waals surface area contributed by atoms with Gasteiger partial charge in [0.05, 0.1) is 47.8 Å². The molecule has 4 heterocycles. The first-order valence-corrected chi connectivity index (χ1v) is 17.8. The fourth-order valence-corrected chi connectivity index (χ4v) is 6.66. The van der Waals surface area contributed by atoms with E-state index in [4.69, 9.17) is 19.4 Å². The minimum Gasteiger partial charge on any atom is -0.466 e. The summed E-state index contributed by atoms with van der Waals surface area (Å²) >= 11 is 0. The number of esters is 2. The Bertz CT molecular complexity index is 1790. The van der Waals surface area contributed by atoms with Crippen molar-refractivity contribution in [2.45, 2.75) is 105 Å². The summed E-state index contributed by atoms with van der Waals surface area (Å²) < 4.78 is 10.3. The Hall–Kier alpha value is -4.74. The van der Waals surface area contributed by atoms with Crippen LogP contribution in [0.5, 0.6) is 0 Å².